The van der Waals surface area contributed by atoms with Gasteiger partial charge in [0.05, 0.1) is 16.7 Å². The highest BCUT2D eigenvalue weighted by molar-refractivity contribution is 6.30. The molecule has 4 rings (SSSR count). The van der Waals surface area contributed by atoms with Gasteiger partial charge < -0.3 is 10.3 Å². The summed E-state index contributed by atoms with van der Waals surface area (Å²) < 4.78 is 0. The number of H-pyrrole nitrogens is 1. The minimum atomic E-state index is -0.194. The van der Waals surface area contributed by atoms with Gasteiger partial charge in [-0.05, 0) is 48.5 Å². The summed E-state index contributed by atoms with van der Waals surface area (Å²) in [6, 6.07) is 22.2. The first-order valence-corrected chi connectivity index (χ1v) is 8.19. The van der Waals surface area contributed by atoms with Gasteiger partial charge in [-0.15, -0.1) is 0 Å². The third-order valence-corrected chi connectivity index (χ3v) is 4.18. The van der Waals surface area contributed by atoms with E-state index < -0.39 is 0 Å². The Bertz CT molecular complexity index is 1020. The predicted molar refractivity (Wildman–Crippen MR) is 101 cm³/mol. The van der Waals surface area contributed by atoms with E-state index in [-0.39, 0.29) is 5.91 Å². The van der Waals surface area contributed by atoms with Crippen LogP contribution in [0.3, 0.4) is 0 Å². The summed E-state index contributed by atoms with van der Waals surface area (Å²) in [6.07, 6.45) is 0. The lowest BCUT2D eigenvalue weighted by molar-refractivity contribution is 0.102. The molecule has 0 saturated carbocycles. The van der Waals surface area contributed by atoms with Gasteiger partial charge in [0.1, 0.15) is 5.82 Å². The maximum atomic E-state index is 12.5. The van der Waals surface area contributed by atoms with E-state index in [9.17, 15) is 4.79 Å². The van der Waals surface area contributed by atoms with Crippen LogP contribution in [0.4, 0.5) is 5.69 Å². The topological polar surface area (TPSA) is 57.8 Å². The number of aromatic nitrogens is 2. The molecular formula is C20H14ClN3O. The minimum Gasteiger partial charge on any atom is -0.338 e. The first-order chi connectivity index (χ1) is 12.2. The molecule has 0 saturated heterocycles. The van der Waals surface area contributed by atoms with Crippen LogP contribution in [0.25, 0.3) is 22.4 Å². The fourth-order valence-electron chi connectivity index (χ4n) is 2.67. The molecule has 0 atom stereocenters. The monoisotopic (exact) mass is 347 g/mol. The fourth-order valence-corrected chi connectivity index (χ4v) is 2.80. The Morgan fingerprint density at radius 2 is 1.64 bits per heavy atom. The molecule has 1 aromatic heterocycles. The second-order valence-corrected chi connectivity index (χ2v) is 6.05. The van der Waals surface area contributed by atoms with Gasteiger partial charge in [0.2, 0.25) is 0 Å². The summed E-state index contributed by atoms with van der Waals surface area (Å²) in [7, 11) is 0. The summed E-state index contributed by atoms with van der Waals surface area (Å²) in [4.78, 5) is 20.4. The maximum absolute atomic E-state index is 12.5. The number of benzene rings is 3. The number of anilines is 1. The lowest BCUT2D eigenvalue weighted by Gasteiger charge is -2.09. The quantitative estimate of drug-likeness (QED) is 0.539. The smallest absolute Gasteiger partial charge is 0.255 e. The van der Waals surface area contributed by atoms with Crippen molar-refractivity contribution in [3.8, 4) is 11.4 Å². The maximum Gasteiger partial charge on any atom is 0.255 e. The van der Waals surface area contributed by atoms with Crippen LogP contribution in [-0.2, 0) is 0 Å². The Balaban J connectivity index is 1.69. The van der Waals surface area contributed by atoms with E-state index in [0.29, 0.717) is 22.1 Å². The molecule has 0 aliphatic carbocycles. The molecule has 0 aliphatic heterocycles. The third kappa shape index (κ3) is 3.12. The minimum absolute atomic E-state index is 0.194. The van der Waals surface area contributed by atoms with Crippen LogP contribution < -0.4 is 5.32 Å². The van der Waals surface area contributed by atoms with E-state index in [2.05, 4.69) is 15.3 Å². The highest BCUT2D eigenvalue weighted by atomic mass is 35.5. The second-order valence-electron chi connectivity index (χ2n) is 5.61. The Morgan fingerprint density at radius 1 is 0.920 bits per heavy atom. The molecule has 0 aliphatic rings. The molecular weight excluding hydrogens is 334 g/mol. The predicted octanol–water partition coefficient (Wildman–Crippen LogP) is 5.14. The molecule has 25 heavy (non-hydrogen) atoms. The number of para-hydroxylation sites is 3. The van der Waals surface area contributed by atoms with Crippen LogP contribution in [-0.4, -0.2) is 15.9 Å². The van der Waals surface area contributed by atoms with Crippen molar-refractivity contribution in [2.75, 3.05) is 5.32 Å². The van der Waals surface area contributed by atoms with Crippen LogP contribution in [0.1, 0.15) is 10.4 Å². The number of aromatic amines is 1. The zero-order valence-electron chi connectivity index (χ0n) is 13.2. The molecule has 1 amide bonds. The molecule has 0 unspecified atom stereocenters. The van der Waals surface area contributed by atoms with Crippen LogP contribution in [0.2, 0.25) is 5.02 Å². The summed E-state index contributed by atoms with van der Waals surface area (Å²) in [6.45, 7) is 0. The number of hydrogen-bond donors (Lipinski definition) is 2. The number of hydrogen-bond acceptors (Lipinski definition) is 2. The van der Waals surface area contributed by atoms with Crippen molar-refractivity contribution in [3.05, 3.63) is 83.4 Å². The number of halogens is 1. The SMILES string of the molecule is O=C(Nc1ccccc1-c1nc2ccccc2[nH]1)c1ccc(Cl)cc1. The van der Waals surface area contributed by atoms with Crippen molar-refractivity contribution >= 4 is 34.2 Å². The van der Waals surface area contributed by atoms with Crippen molar-refractivity contribution < 1.29 is 4.79 Å². The van der Waals surface area contributed by atoms with E-state index in [4.69, 9.17) is 11.6 Å². The fraction of sp³-hybridized carbons (Fsp3) is 0. The zero-order valence-corrected chi connectivity index (χ0v) is 13.9. The molecule has 0 fully saturated rings. The van der Waals surface area contributed by atoms with E-state index in [0.717, 1.165) is 16.6 Å². The van der Waals surface area contributed by atoms with E-state index in [1.807, 2.05) is 48.5 Å². The number of amides is 1. The number of imidazole rings is 1. The molecule has 3 aromatic carbocycles. The van der Waals surface area contributed by atoms with Gasteiger partial charge in [-0.3, -0.25) is 4.79 Å². The second kappa shape index (κ2) is 6.42. The number of nitrogens with zero attached hydrogens (tertiary/aromatic N) is 1. The number of fused-ring (bicyclic) bond motifs is 1. The molecule has 4 nitrogen and oxygen atoms in total. The largest absolute Gasteiger partial charge is 0.338 e. The number of carbonyl (C=O) groups is 1. The van der Waals surface area contributed by atoms with Crippen LogP contribution in [0, 0.1) is 0 Å². The van der Waals surface area contributed by atoms with Crippen LogP contribution in [0.5, 0.6) is 0 Å². The van der Waals surface area contributed by atoms with E-state index in [1.165, 1.54) is 0 Å². The molecule has 2 N–H and O–H groups in total. The highest BCUT2D eigenvalue weighted by Gasteiger charge is 2.12. The summed E-state index contributed by atoms with van der Waals surface area (Å²) in [5.41, 5.74) is 3.92. The Morgan fingerprint density at radius 3 is 2.44 bits per heavy atom. The summed E-state index contributed by atoms with van der Waals surface area (Å²) in [5.74, 6) is 0.522. The first kappa shape index (κ1) is 15.4. The Labute approximate surface area is 149 Å². The van der Waals surface area contributed by atoms with Crippen LogP contribution >= 0.6 is 11.6 Å². The van der Waals surface area contributed by atoms with E-state index >= 15 is 0 Å². The molecule has 1 heterocycles. The van der Waals surface area contributed by atoms with Gasteiger partial charge in [-0.1, -0.05) is 35.9 Å². The van der Waals surface area contributed by atoms with Crippen molar-refractivity contribution in [3.63, 3.8) is 0 Å². The van der Waals surface area contributed by atoms with Crippen molar-refractivity contribution in [2.45, 2.75) is 0 Å². The molecule has 0 spiro atoms. The van der Waals surface area contributed by atoms with Gasteiger partial charge in [-0.25, -0.2) is 4.98 Å². The Kier molecular flexibility index (Phi) is 3.96. The average molecular weight is 348 g/mol. The van der Waals surface area contributed by atoms with Gasteiger partial charge in [0, 0.05) is 16.1 Å². The average Bonchev–Trinajstić information content (AvgIpc) is 3.06. The van der Waals surface area contributed by atoms with Gasteiger partial charge in [0.25, 0.3) is 5.91 Å². The molecule has 122 valence electrons. The third-order valence-electron chi connectivity index (χ3n) is 3.93. The van der Waals surface area contributed by atoms with Crippen molar-refractivity contribution in [1.29, 1.82) is 0 Å². The molecule has 4 aromatic rings. The number of rotatable bonds is 3. The number of nitrogens with one attached hydrogen (secondary N) is 2. The molecule has 5 heteroatoms. The van der Waals surface area contributed by atoms with Crippen molar-refractivity contribution in [2.24, 2.45) is 0 Å². The summed E-state index contributed by atoms with van der Waals surface area (Å²) >= 11 is 5.88. The van der Waals surface area contributed by atoms with Gasteiger partial charge in [0.15, 0.2) is 0 Å². The van der Waals surface area contributed by atoms with Gasteiger partial charge in [-0.2, -0.15) is 0 Å². The number of carbonyl (C=O) groups excluding carboxylic acids is 1. The van der Waals surface area contributed by atoms with Gasteiger partial charge >= 0.3 is 0 Å². The van der Waals surface area contributed by atoms with Crippen molar-refractivity contribution in [1.82, 2.24) is 9.97 Å². The van der Waals surface area contributed by atoms with E-state index in [1.54, 1.807) is 24.3 Å². The van der Waals surface area contributed by atoms with Crippen LogP contribution in [0.15, 0.2) is 72.8 Å². The normalized spacial score (nSPS) is 10.8. The summed E-state index contributed by atoms with van der Waals surface area (Å²) in [5, 5.41) is 3.54. The zero-order chi connectivity index (χ0) is 17.2. The molecule has 0 bridgehead atoms. The first-order valence-electron chi connectivity index (χ1n) is 7.82. The lowest BCUT2D eigenvalue weighted by atomic mass is 10.1. The Hall–Kier alpha value is -3.11. The lowest BCUT2D eigenvalue weighted by Crippen LogP contribution is -2.12. The standard InChI is InChI=1S/C20H14ClN3O/c21-14-11-9-13(10-12-14)20(25)24-16-6-2-1-5-15(16)19-22-17-7-3-4-8-18(17)23-19/h1-12H,(H,22,23)(H,24,25). The molecule has 0 radical (unpaired) electrons. The highest BCUT2D eigenvalue weighted by Crippen LogP contribution is 2.28.